The quantitative estimate of drug-likeness (QED) is 0.372. The number of benzene rings is 1. The highest BCUT2D eigenvalue weighted by molar-refractivity contribution is 7.91. The number of ether oxygens (including phenoxy) is 3. The summed E-state index contributed by atoms with van der Waals surface area (Å²) in [6, 6.07) is 7.01. The van der Waals surface area contributed by atoms with E-state index < -0.39 is 21.2 Å². The van der Waals surface area contributed by atoms with Crippen molar-refractivity contribution < 1.29 is 32.6 Å². The first kappa shape index (κ1) is 20.5. The molecule has 1 aliphatic heterocycles. The van der Waals surface area contributed by atoms with Gasteiger partial charge in [0.25, 0.3) is 5.91 Å². The van der Waals surface area contributed by atoms with E-state index in [9.17, 15) is 13.2 Å². The molecular formula is C17H25NO7S. The Bertz CT molecular complexity index is 682. The van der Waals surface area contributed by atoms with Gasteiger partial charge in [-0.3, -0.25) is 10.0 Å². The van der Waals surface area contributed by atoms with Crippen LogP contribution in [0.25, 0.3) is 0 Å². The number of carbonyl (C=O) groups is 1. The molecule has 146 valence electrons. The van der Waals surface area contributed by atoms with Crippen molar-refractivity contribution in [1.29, 1.82) is 0 Å². The van der Waals surface area contributed by atoms with Crippen LogP contribution in [0.3, 0.4) is 0 Å². The maximum atomic E-state index is 12.4. The van der Waals surface area contributed by atoms with Gasteiger partial charge >= 0.3 is 0 Å². The molecule has 0 radical (unpaired) electrons. The van der Waals surface area contributed by atoms with Gasteiger partial charge in [0.2, 0.25) is 0 Å². The Labute approximate surface area is 153 Å². The summed E-state index contributed by atoms with van der Waals surface area (Å²) < 4.78 is 40.7. The highest BCUT2D eigenvalue weighted by atomic mass is 32.2. The van der Waals surface area contributed by atoms with E-state index in [1.165, 1.54) is 0 Å². The molecule has 0 aliphatic carbocycles. The summed E-state index contributed by atoms with van der Waals surface area (Å²) in [5, 5.41) is 8.96. The molecule has 0 spiro atoms. The summed E-state index contributed by atoms with van der Waals surface area (Å²) in [6.07, 6.45) is 0.837. The van der Waals surface area contributed by atoms with E-state index >= 15 is 0 Å². The first-order valence-electron chi connectivity index (χ1n) is 8.40. The van der Waals surface area contributed by atoms with Crippen LogP contribution >= 0.6 is 0 Å². The first-order chi connectivity index (χ1) is 12.4. The predicted molar refractivity (Wildman–Crippen MR) is 94.2 cm³/mol. The summed E-state index contributed by atoms with van der Waals surface area (Å²) in [5.41, 5.74) is 0.466. The minimum atomic E-state index is -3.49. The fourth-order valence-corrected chi connectivity index (χ4v) is 4.92. The number of carbonyl (C=O) groups excluding carboxylic acids is 1. The number of hydrogen-bond donors (Lipinski definition) is 2. The smallest absolute Gasteiger partial charge is 0.250 e. The van der Waals surface area contributed by atoms with Crippen LogP contribution in [0.4, 0.5) is 0 Å². The van der Waals surface area contributed by atoms with Crippen LogP contribution in [-0.2, 0) is 19.4 Å². The Balaban J connectivity index is 1.85. The average molecular weight is 387 g/mol. The van der Waals surface area contributed by atoms with E-state index in [1.54, 1.807) is 36.9 Å². The number of sulfone groups is 1. The number of amides is 1. The highest BCUT2D eigenvalue weighted by Crippen LogP contribution is 2.32. The highest BCUT2D eigenvalue weighted by Gasteiger charge is 2.43. The Kier molecular flexibility index (Phi) is 7.24. The summed E-state index contributed by atoms with van der Waals surface area (Å²) in [4.78, 5) is 12.0. The molecule has 0 saturated carbocycles. The van der Waals surface area contributed by atoms with Crippen molar-refractivity contribution in [2.24, 2.45) is 5.41 Å². The third kappa shape index (κ3) is 5.58. The van der Waals surface area contributed by atoms with E-state index in [2.05, 4.69) is 0 Å². The largest absolute Gasteiger partial charge is 0.497 e. The number of hydroxylamine groups is 1. The molecule has 0 bridgehead atoms. The second-order valence-corrected chi connectivity index (χ2v) is 8.49. The molecule has 1 fully saturated rings. The van der Waals surface area contributed by atoms with Gasteiger partial charge < -0.3 is 14.2 Å². The Morgan fingerprint density at radius 3 is 2.42 bits per heavy atom. The van der Waals surface area contributed by atoms with Gasteiger partial charge in [0.1, 0.15) is 11.5 Å². The zero-order valence-corrected chi connectivity index (χ0v) is 15.6. The molecule has 9 heteroatoms. The van der Waals surface area contributed by atoms with Crippen LogP contribution in [0.5, 0.6) is 11.5 Å². The van der Waals surface area contributed by atoms with Crippen molar-refractivity contribution in [3.63, 3.8) is 0 Å². The van der Waals surface area contributed by atoms with Crippen LogP contribution in [-0.4, -0.2) is 58.0 Å². The molecule has 2 N–H and O–H groups in total. The summed E-state index contributed by atoms with van der Waals surface area (Å²) >= 11 is 0. The molecule has 1 aliphatic rings. The van der Waals surface area contributed by atoms with Crippen molar-refractivity contribution in [3.05, 3.63) is 24.3 Å². The molecule has 0 aromatic heterocycles. The predicted octanol–water partition coefficient (Wildman–Crippen LogP) is 1.18. The van der Waals surface area contributed by atoms with Crippen molar-refractivity contribution in [1.82, 2.24) is 5.48 Å². The van der Waals surface area contributed by atoms with Gasteiger partial charge in [-0.2, -0.15) is 0 Å². The molecule has 0 unspecified atom stereocenters. The standard InChI is InChI=1S/C17H25NO7S/c1-23-14-3-5-15(6-4-14)25-9-2-12-26(21,22)13-17(16(19)18-20)7-10-24-11-8-17/h3-6,20H,2,7-13H2,1H3,(H,18,19). The van der Waals surface area contributed by atoms with Crippen LogP contribution in [0.1, 0.15) is 19.3 Å². The lowest BCUT2D eigenvalue weighted by Crippen LogP contribution is -2.48. The second-order valence-electron chi connectivity index (χ2n) is 6.30. The molecule has 1 aromatic carbocycles. The molecule has 2 rings (SSSR count). The van der Waals surface area contributed by atoms with Crippen molar-refractivity contribution in [2.45, 2.75) is 19.3 Å². The van der Waals surface area contributed by atoms with E-state index in [1.807, 2.05) is 0 Å². The Morgan fingerprint density at radius 1 is 1.23 bits per heavy atom. The Hall–Kier alpha value is -1.84. The summed E-state index contributed by atoms with van der Waals surface area (Å²) in [7, 11) is -1.91. The van der Waals surface area contributed by atoms with Gasteiger partial charge in [-0.1, -0.05) is 0 Å². The van der Waals surface area contributed by atoms with E-state index in [-0.39, 0.29) is 31.0 Å². The van der Waals surface area contributed by atoms with E-state index in [4.69, 9.17) is 19.4 Å². The maximum Gasteiger partial charge on any atom is 0.250 e. The van der Waals surface area contributed by atoms with Crippen LogP contribution in [0.2, 0.25) is 0 Å². The minimum absolute atomic E-state index is 0.0928. The second kappa shape index (κ2) is 9.20. The third-order valence-corrected chi connectivity index (χ3v) is 6.36. The number of methoxy groups -OCH3 is 1. The van der Waals surface area contributed by atoms with Gasteiger partial charge in [0.05, 0.1) is 30.6 Å². The number of hydrogen-bond acceptors (Lipinski definition) is 7. The topological polar surface area (TPSA) is 111 Å². The molecular weight excluding hydrogens is 362 g/mol. The van der Waals surface area contributed by atoms with Crippen molar-refractivity contribution >= 4 is 15.7 Å². The Morgan fingerprint density at radius 2 is 1.85 bits per heavy atom. The molecule has 8 nitrogen and oxygen atoms in total. The maximum absolute atomic E-state index is 12.4. The molecule has 0 atom stereocenters. The van der Waals surface area contributed by atoms with Crippen LogP contribution in [0.15, 0.2) is 24.3 Å². The third-order valence-electron chi connectivity index (χ3n) is 4.46. The van der Waals surface area contributed by atoms with Crippen LogP contribution in [0, 0.1) is 5.41 Å². The van der Waals surface area contributed by atoms with Gasteiger partial charge in [0.15, 0.2) is 9.84 Å². The molecule has 1 amide bonds. The number of rotatable bonds is 9. The normalized spacial score (nSPS) is 16.7. The van der Waals surface area contributed by atoms with Crippen molar-refractivity contribution in [2.75, 3.05) is 38.4 Å². The molecule has 1 aromatic rings. The summed E-state index contributed by atoms with van der Waals surface area (Å²) in [6.45, 7) is 0.834. The zero-order valence-electron chi connectivity index (χ0n) is 14.8. The van der Waals surface area contributed by atoms with Gasteiger partial charge in [0, 0.05) is 13.2 Å². The monoisotopic (exact) mass is 387 g/mol. The number of nitrogens with one attached hydrogen (secondary N) is 1. The van der Waals surface area contributed by atoms with Gasteiger partial charge in [-0.05, 0) is 43.5 Å². The lowest BCUT2D eigenvalue weighted by atomic mass is 9.81. The fraction of sp³-hybridized carbons (Fsp3) is 0.588. The van der Waals surface area contributed by atoms with Gasteiger partial charge in [-0.25, -0.2) is 13.9 Å². The SMILES string of the molecule is COc1ccc(OCCCS(=O)(=O)CC2(C(=O)NO)CCOCC2)cc1. The van der Waals surface area contributed by atoms with Gasteiger partial charge in [-0.15, -0.1) is 0 Å². The lowest BCUT2D eigenvalue weighted by molar-refractivity contribution is -0.143. The summed E-state index contributed by atoms with van der Waals surface area (Å²) in [5.74, 6) is 0.273. The fourth-order valence-electron chi connectivity index (χ4n) is 2.95. The molecule has 26 heavy (non-hydrogen) atoms. The average Bonchev–Trinajstić information content (AvgIpc) is 2.65. The minimum Gasteiger partial charge on any atom is -0.497 e. The zero-order chi connectivity index (χ0) is 19.0. The van der Waals surface area contributed by atoms with Crippen molar-refractivity contribution in [3.8, 4) is 11.5 Å². The lowest BCUT2D eigenvalue weighted by Gasteiger charge is -2.34. The van der Waals surface area contributed by atoms with E-state index in [0.717, 1.165) is 0 Å². The molecule has 1 heterocycles. The molecule has 1 saturated heterocycles. The van der Waals surface area contributed by atoms with E-state index in [0.29, 0.717) is 31.1 Å². The first-order valence-corrected chi connectivity index (χ1v) is 10.2. The van der Waals surface area contributed by atoms with Crippen LogP contribution < -0.4 is 15.0 Å².